The van der Waals surface area contributed by atoms with Gasteiger partial charge in [-0.25, -0.2) is 0 Å². The molecule has 0 atom stereocenters. The normalized spacial score (nSPS) is 11.5. The number of aromatic nitrogens is 4. The van der Waals surface area contributed by atoms with Crippen molar-refractivity contribution in [2.75, 3.05) is 0 Å². The first kappa shape index (κ1) is 10.0. The van der Waals surface area contributed by atoms with Crippen LogP contribution in [0.5, 0.6) is 5.88 Å². The molecule has 0 aliphatic rings. The molecule has 0 saturated carbocycles. The molecule has 0 saturated heterocycles. The van der Waals surface area contributed by atoms with Gasteiger partial charge in [0, 0.05) is 10.8 Å². The number of hydrogen-bond acceptors (Lipinski definition) is 4. The summed E-state index contributed by atoms with van der Waals surface area (Å²) in [5.41, 5.74) is 0.747. The predicted molar refractivity (Wildman–Crippen MR) is 64.1 cm³/mol. The summed E-state index contributed by atoms with van der Waals surface area (Å²) in [5, 5.41) is 14.3. The minimum absolute atomic E-state index is 0.0832. The molecule has 0 amide bonds. The van der Waals surface area contributed by atoms with Crippen LogP contribution < -0.4 is 4.74 Å². The van der Waals surface area contributed by atoms with Gasteiger partial charge < -0.3 is 4.74 Å². The Labute approximate surface area is 98.0 Å². The van der Waals surface area contributed by atoms with Gasteiger partial charge in [-0.05, 0) is 19.9 Å². The van der Waals surface area contributed by atoms with Crippen LogP contribution in [-0.4, -0.2) is 25.9 Å². The Bertz CT molecular complexity index is 674. The lowest BCUT2D eigenvalue weighted by Crippen LogP contribution is -2.09. The second-order valence-corrected chi connectivity index (χ2v) is 4.12. The quantitative estimate of drug-likeness (QED) is 0.673. The number of hydrogen-bond donors (Lipinski definition) is 0. The van der Waals surface area contributed by atoms with E-state index in [4.69, 9.17) is 4.74 Å². The largest absolute Gasteiger partial charge is 0.473 e. The highest BCUT2D eigenvalue weighted by Crippen LogP contribution is 2.26. The lowest BCUT2D eigenvalue weighted by molar-refractivity contribution is 0.232. The predicted octanol–water partition coefficient (Wildman–Crippen LogP) is 2.06. The van der Waals surface area contributed by atoms with Gasteiger partial charge in [-0.15, -0.1) is 15.3 Å². The third kappa shape index (κ3) is 1.60. The molecule has 2 aromatic heterocycles. The molecule has 1 aromatic carbocycles. The number of ether oxygens (including phenoxy) is 1. The van der Waals surface area contributed by atoms with E-state index in [9.17, 15) is 0 Å². The molecular weight excluding hydrogens is 216 g/mol. The molecule has 86 valence electrons. The van der Waals surface area contributed by atoms with E-state index in [1.165, 1.54) is 0 Å². The van der Waals surface area contributed by atoms with Crippen molar-refractivity contribution in [2.24, 2.45) is 0 Å². The second kappa shape index (κ2) is 3.69. The molecule has 0 aliphatic heterocycles. The van der Waals surface area contributed by atoms with Gasteiger partial charge in [0.2, 0.25) is 5.88 Å². The van der Waals surface area contributed by atoms with Crippen molar-refractivity contribution in [3.63, 3.8) is 0 Å². The molecule has 0 fully saturated rings. The molecule has 5 nitrogen and oxygen atoms in total. The fraction of sp³-hybridized carbons (Fsp3) is 0.250. The molecule has 0 spiro atoms. The van der Waals surface area contributed by atoms with Crippen LogP contribution in [0.25, 0.3) is 16.4 Å². The van der Waals surface area contributed by atoms with Gasteiger partial charge in [-0.2, -0.15) is 4.52 Å². The van der Waals surface area contributed by atoms with E-state index in [0.717, 1.165) is 16.4 Å². The van der Waals surface area contributed by atoms with Crippen molar-refractivity contribution in [3.8, 4) is 5.88 Å². The molecule has 0 N–H and O–H groups in total. The van der Waals surface area contributed by atoms with Crippen LogP contribution in [0.2, 0.25) is 0 Å². The van der Waals surface area contributed by atoms with Gasteiger partial charge in [0.1, 0.15) is 6.33 Å². The summed E-state index contributed by atoms with van der Waals surface area (Å²) in [6.45, 7) is 3.96. The van der Waals surface area contributed by atoms with Crippen molar-refractivity contribution < 1.29 is 4.74 Å². The van der Waals surface area contributed by atoms with Crippen molar-refractivity contribution in [3.05, 3.63) is 30.6 Å². The van der Waals surface area contributed by atoms with E-state index in [1.807, 2.05) is 38.1 Å². The first-order valence-corrected chi connectivity index (χ1v) is 5.51. The van der Waals surface area contributed by atoms with E-state index in [2.05, 4.69) is 15.3 Å². The van der Waals surface area contributed by atoms with Gasteiger partial charge >= 0.3 is 0 Å². The maximum Gasteiger partial charge on any atom is 0.240 e. The van der Waals surface area contributed by atoms with E-state index < -0.39 is 0 Å². The Morgan fingerprint density at radius 1 is 1.18 bits per heavy atom. The molecular formula is C12H12N4O. The van der Waals surface area contributed by atoms with Gasteiger partial charge in [0.05, 0.1) is 6.10 Å². The molecule has 3 rings (SSSR count). The van der Waals surface area contributed by atoms with E-state index in [1.54, 1.807) is 10.8 Å². The Morgan fingerprint density at radius 3 is 2.71 bits per heavy atom. The lowest BCUT2D eigenvalue weighted by Gasteiger charge is -2.11. The fourth-order valence-electron chi connectivity index (χ4n) is 1.81. The average Bonchev–Trinajstić information content (AvgIpc) is 2.77. The molecule has 3 aromatic rings. The monoisotopic (exact) mass is 228 g/mol. The third-order valence-electron chi connectivity index (χ3n) is 2.47. The zero-order valence-corrected chi connectivity index (χ0v) is 9.66. The maximum atomic E-state index is 5.72. The van der Waals surface area contributed by atoms with Crippen LogP contribution in [0.3, 0.4) is 0 Å². The topological polar surface area (TPSA) is 52.3 Å². The molecule has 0 bridgehead atoms. The number of fused-ring (bicyclic) bond motifs is 3. The van der Waals surface area contributed by atoms with Gasteiger partial charge in [-0.1, -0.05) is 18.2 Å². The van der Waals surface area contributed by atoms with Crippen LogP contribution in [0.1, 0.15) is 13.8 Å². The standard InChI is InChI=1S/C12H12N4O/c1-8(2)17-12-10-6-4-3-5-9(10)11-14-13-7-16(11)15-12/h3-8H,1-2H3. The van der Waals surface area contributed by atoms with Gasteiger partial charge in [0.25, 0.3) is 0 Å². The van der Waals surface area contributed by atoms with E-state index >= 15 is 0 Å². The maximum absolute atomic E-state index is 5.72. The van der Waals surface area contributed by atoms with Crippen molar-refractivity contribution in [2.45, 2.75) is 20.0 Å². The molecule has 0 aliphatic carbocycles. The number of nitrogens with zero attached hydrogens (tertiary/aromatic N) is 4. The van der Waals surface area contributed by atoms with Gasteiger partial charge in [-0.3, -0.25) is 0 Å². The lowest BCUT2D eigenvalue weighted by atomic mass is 10.2. The molecule has 17 heavy (non-hydrogen) atoms. The summed E-state index contributed by atoms with van der Waals surface area (Å²) in [7, 11) is 0. The van der Waals surface area contributed by atoms with Crippen molar-refractivity contribution in [1.29, 1.82) is 0 Å². The number of rotatable bonds is 2. The van der Waals surface area contributed by atoms with Crippen molar-refractivity contribution in [1.82, 2.24) is 19.8 Å². The molecule has 0 unspecified atom stereocenters. The summed E-state index contributed by atoms with van der Waals surface area (Å²) in [5.74, 6) is 0.614. The molecule has 2 heterocycles. The SMILES string of the molecule is CC(C)Oc1nn2cnnc2c2ccccc12. The Kier molecular flexibility index (Phi) is 2.18. The Balaban J connectivity index is 2.37. The second-order valence-electron chi connectivity index (χ2n) is 4.12. The highest BCUT2D eigenvalue weighted by Gasteiger charge is 2.11. The summed E-state index contributed by atoms with van der Waals surface area (Å²) in [6, 6.07) is 7.91. The smallest absolute Gasteiger partial charge is 0.240 e. The zero-order chi connectivity index (χ0) is 11.8. The van der Waals surface area contributed by atoms with E-state index in [-0.39, 0.29) is 6.10 Å². The Morgan fingerprint density at radius 2 is 1.94 bits per heavy atom. The summed E-state index contributed by atoms with van der Waals surface area (Å²) < 4.78 is 7.36. The zero-order valence-electron chi connectivity index (χ0n) is 9.66. The van der Waals surface area contributed by atoms with Gasteiger partial charge in [0.15, 0.2) is 5.65 Å². The van der Waals surface area contributed by atoms with Crippen LogP contribution in [0, 0.1) is 0 Å². The van der Waals surface area contributed by atoms with Crippen LogP contribution in [0.4, 0.5) is 0 Å². The van der Waals surface area contributed by atoms with Crippen LogP contribution in [0.15, 0.2) is 30.6 Å². The third-order valence-corrected chi connectivity index (χ3v) is 2.47. The van der Waals surface area contributed by atoms with Crippen LogP contribution in [-0.2, 0) is 0 Å². The number of benzene rings is 1. The van der Waals surface area contributed by atoms with Crippen molar-refractivity contribution >= 4 is 16.4 Å². The molecule has 0 radical (unpaired) electrons. The Hall–Kier alpha value is -2.17. The fourth-order valence-corrected chi connectivity index (χ4v) is 1.81. The highest BCUT2D eigenvalue weighted by atomic mass is 16.5. The minimum Gasteiger partial charge on any atom is -0.473 e. The first-order chi connectivity index (χ1) is 8.25. The average molecular weight is 228 g/mol. The summed E-state index contributed by atoms with van der Waals surface area (Å²) in [4.78, 5) is 0. The van der Waals surface area contributed by atoms with Crippen LogP contribution >= 0.6 is 0 Å². The summed E-state index contributed by atoms with van der Waals surface area (Å²) >= 11 is 0. The summed E-state index contributed by atoms with van der Waals surface area (Å²) in [6.07, 6.45) is 1.66. The molecule has 5 heteroatoms. The minimum atomic E-state index is 0.0832. The van der Waals surface area contributed by atoms with E-state index in [0.29, 0.717) is 5.88 Å². The first-order valence-electron chi connectivity index (χ1n) is 5.51. The highest BCUT2D eigenvalue weighted by molar-refractivity contribution is 5.96.